The summed E-state index contributed by atoms with van der Waals surface area (Å²) in [5.41, 5.74) is 0.893. The fraction of sp³-hybridized carbons (Fsp3) is 0.600. The van der Waals surface area contributed by atoms with Gasteiger partial charge in [-0.05, 0) is 33.3 Å². The number of carbonyl (C=O) groups excluding carboxylic acids is 1. The Labute approximate surface area is 120 Å². The average molecular weight is 277 g/mol. The molecule has 1 aliphatic heterocycles. The summed E-state index contributed by atoms with van der Waals surface area (Å²) in [5, 5.41) is 2.97. The summed E-state index contributed by atoms with van der Waals surface area (Å²) in [7, 11) is 0. The zero-order valence-electron chi connectivity index (χ0n) is 12.6. The molecule has 2 rings (SSSR count). The number of likely N-dealkylation sites (tertiary alicyclic amines) is 1. The first-order valence-electron chi connectivity index (χ1n) is 7.00. The van der Waals surface area contributed by atoms with Crippen LogP contribution in [0.4, 0.5) is 4.79 Å². The van der Waals surface area contributed by atoms with E-state index in [1.54, 1.807) is 11.1 Å². The predicted molar refractivity (Wildman–Crippen MR) is 77.9 cm³/mol. The number of aromatic nitrogens is 1. The van der Waals surface area contributed by atoms with Crippen molar-refractivity contribution < 1.29 is 9.53 Å². The molecule has 0 bridgehead atoms. The van der Waals surface area contributed by atoms with Crippen LogP contribution in [0, 0.1) is 6.92 Å². The SMILES string of the molecule is Cc1ccc(OC2CCN(C(=O)NC(C)(C)C)C2)nc1. The number of nitrogens with one attached hydrogen (secondary N) is 1. The molecule has 0 spiro atoms. The van der Waals surface area contributed by atoms with Gasteiger partial charge in [0.2, 0.25) is 5.88 Å². The van der Waals surface area contributed by atoms with Gasteiger partial charge in [0, 0.05) is 30.8 Å². The minimum absolute atomic E-state index is 0.0240. The Hall–Kier alpha value is -1.78. The Balaban J connectivity index is 1.86. The molecule has 1 aromatic heterocycles. The van der Waals surface area contributed by atoms with E-state index in [0.29, 0.717) is 12.4 Å². The number of nitrogens with zero attached hydrogens (tertiary/aromatic N) is 2. The van der Waals surface area contributed by atoms with Gasteiger partial charge in [-0.1, -0.05) is 6.07 Å². The first-order valence-corrected chi connectivity index (χ1v) is 7.00. The topological polar surface area (TPSA) is 54.5 Å². The smallest absolute Gasteiger partial charge is 0.317 e. The maximum Gasteiger partial charge on any atom is 0.317 e. The first kappa shape index (κ1) is 14.6. The molecule has 1 atom stereocenters. The van der Waals surface area contributed by atoms with Gasteiger partial charge in [-0.15, -0.1) is 0 Å². The zero-order valence-corrected chi connectivity index (χ0v) is 12.6. The van der Waals surface area contributed by atoms with E-state index in [2.05, 4.69) is 10.3 Å². The second kappa shape index (κ2) is 5.69. The minimum Gasteiger partial charge on any atom is -0.472 e. The third kappa shape index (κ3) is 4.11. The highest BCUT2D eigenvalue weighted by atomic mass is 16.5. The van der Waals surface area contributed by atoms with Crippen LogP contribution < -0.4 is 10.1 Å². The van der Waals surface area contributed by atoms with E-state index in [1.165, 1.54) is 0 Å². The van der Waals surface area contributed by atoms with Gasteiger partial charge in [0.25, 0.3) is 0 Å². The quantitative estimate of drug-likeness (QED) is 0.903. The van der Waals surface area contributed by atoms with Crippen LogP contribution in [0.2, 0.25) is 0 Å². The summed E-state index contributed by atoms with van der Waals surface area (Å²) in [4.78, 5) is 18.1. The molecule has 5 nitrogen and oxygen atoms in total. The van der Waals surface area contributed by atoms with Crippen LogP contribution in [0.15, 0.2) is 18.3 Å². The van der Waals surface area contributed by atoms with Crippen molar-refractivity contribution in [3.63, 3.8) is 0 Å². The molecule has 0 saturated carbocycles. The summed E-state index contributed by atoms with van der Waals surface area (Å²) in [5.74, 6) is 0.624. The standard InChI is InChI=1S/C15H23N3O2/c1-11-5-6-13(16-9-11)20-12-7-8-18(10-12)14(19)17-15(2,3)4/h5-6,9,12H,7-8,10H2,1-4H3,(H,17,19). The molecule has 20 heavy (non-hydrogen) atoms. The van der Waals surface area contributed by atoms with Gasteiger partial charge in [-0.3, -0.25) is 0 Å². The van der Waals surface area contributed by atoms with E-state index in [9.17, 15) is 4.79 Å². The molecule has 0 radical (unpaired) electrons. The van der Waals surface area contributed by atoms with E-state index in [1.807, 2.05) is 39.8 Å². The first-order chi connectivity index (χ1) is 9.33. The maximum atomic E-state index is 12.0. The van der Waals surface area contributed by atoms with Gasteiger partial charge < -0.3 is 15.0 Å². The molecule has 1 aromatic rings. The number of carbonyl (C=O) groups is 1. The number of amides is 2. The second-order valence-corrected chi connectivity index (χ2v) is 6.33. The van der Waals surface area contributed by atoms with Crippen molar-refractivity contribution in [1.29, 1.82) is 0 Å². The van der Waals surface area contributed by atoms with Gasteiger partial charge in [0.15, 0.2) is 0 Å². The average Bonchev–Trinajstić information content (AvgIpc) is 2.79. The summed E-state index contributed by atoms with van der Waals surface area (Å²) in [6, 6.07) is 3.81. The van der Waals surface area contributed by atoms with Crippen molar-refractivity contribution in [2.75, 3.05) is 13.1 Å². The Morgan fingerprint density at radius 3 is 2.80 bits per heavy atom. The molecule has 2 heterocycles. The second-order valence-electron chi connectivity index (χ2n) is 6.33. The fourth-order valence-electron chi connectivity index (χ4n) is 2.10. The Kier molecular flexibility index (Phi) is 4.16. The highest BCUT2D eigenvalue weighted by Crippen LogP contribution is 2.17. The third-order valence-corrected chi connectivity index (χ3v) is 3.09. The lowest BCUT2D eigenvalue weighted by atomic mass is 10.1. The van der Waals surface area contributed by atoms with Crippen molar-refractivity contribution in [1.82, 2.24) is 15.2 Å². The van der Waals surface area contributed by atoms with Crippen LogP contribution in [0.1, 0.15) is 32.8 Å². The normalized spacial score (nSPS) is 19.0. The van der Waals surface area contributed by atoms with E-state index in [-0.39, 0.29) is 17.7 Å². The monoisotopic (exact) mass is 277 g/mol. The molecule has 5 heteroatoms. The molecule has 1 unspecified atom stereocenters. The van der Waals surface area contributed by atoms with E-state index in [4.69, 9.17) is 4.74 Å². The van der Waals surface area contributed by atoms with Gasteiger partial charge >= 0.3 is 6.03 Å². The molecule has 1 saturated heterocycles. The lowest BCUT2D eigenvalue weighted by Crippen LogP contribution is -2.48. The number of hydrogen-bond donors (Lipinski definition) is 1. The number of pyridine rings is 1. The summed E-state index contributed by atoms with van der Waals surface area (Å²) >= 11 is 0. The Bertz CT molecular complexity index is 465. The number of urea groups is 1. The van der Waals surface area contributed by atoms with Crippen molar-refractivity contribution in [3.8, 4) is 5.88 Å². The van der Waals surface area contributed by atoms with Crippen LogP contribution in [-0.2, 0) is 0 Å². The summed E-state index contributed by atoms with van der Waals surface area (Å²) in [6.45, 7) is 9.25. The summed E-state index contributed by atoms with van der Waals surface area (Å²) in [6.07, 6.45) is 2.65. The molecule has 1 fully saturated rings. The maximum absolute atomic E-state index is 12.0. The zero-order chi connectivity index (χ0) is 14.8. The van der Waals surface area contributed by atoms with Crippen LogP contribution in [-0.4, -0.2) is 40.6 Å². The predicted octanol–water partition coefficient (Wildman–Crippen LogP) is 2.35. The van der Waals surface area contributed by atoms with Crippen LogP contribution in [0.5, 0.6) is 5.88 Å². The third-order valence-electron chi connectivity index (χ3n) is 3.09. The fourth-order valence-corrected chi connectivity index (χ4v) is 2.10. The molecular weight excluding hydrogens is 254 g/mol. The van der Waals surface area contributed by atoms with E-state index < -0.39 is 0 Å². The van der Waals surface area contributed by atoms with Crippen molar-refractivity contribution in [3.05, 3.63) is 23.9 Å². The van der Waals surface area contributed by atoms with Gasteiger partial charge in [-0.25, -0.2) is 9.78 Å². The van der Waals surface area contributed by atoms with Crippen LogP contribution >= 0.6 is 0 Å². The van der Waals surface area contributed by atoms with Crippen LogP contribution in [0.3, 0.4) is 0 Å². The summed E-state index contributed by atoms with van der Waals surface area (Å²) < 4.78 is 5.81. The molecule has 1 aliphatic rings. The van der Waals surface area contributed by atoms with E-state index >= 15 is 0 Å². The molecule has 1 N–H and O–H groups in total. The molecule has 2 amide bonds. The van der Waals surface area contributed by atoms with Crippen molar-refractivity contribution in [2.24, 2.45) is 0 Å². The van der Waals surface area contributed by atoms with E-state index in [0.717, 1.165) is 18.5 Å². The van der Waals surface area contributed by atoms with Crippen molar-refractivity contribution >= 4 is 6.03 Å². The molecule has 0 aromatic carbocycles. The Morgan fingerprint density at radius 1 is 1.45 bits per heavy atom. The number of hydrogen-bond acceptors (Lipinski definition) is 3. The Morgan fingerprint density at radius 2 is 2.20 bits per heavy atom. The lowest BCUT2D eigenvalue weighted by Gasteiger charge is -2.25. The highest BCUT2D eigenvalue weighted by molar-refractivity contribution is 5.75. The molecular formula is C15H23N3O2. The van der Waals surface area contributed by atoms with Gasteiger partial charge in [0.1, 0.15) is 6.10 Å². The number of ether oxygens (including phenoxy) is 1. The van der Waals surface area contributed by atoms with Gasteiger partial charge in [-0.2, -0.15) is 0 Å². The van der Waals surface area contributed by atoms with Crippen molar-refractivity contribution in [2.45, 2.75) is 45.8 Å². The van der Waals surface area contributed by atoms with Crippen LogP contribution in [0.25, 0.3) is 0 Å². The number of aryl methyl sites for hydroxylation is 1. The minimum atomic E-state index is -0.214. The molecule has 0 aliphatic carbocycles. The molecule has 110 valence electrons. The highest BCUT2D eigenvalue weighted by Gasteiger charge is 2.29. The largest absolute Gasteiger partial charge is 0.472 e. The number of rotatable bonds is 2. The van der Waals surface area contributed by atoms with Gasteiger partial charge in [0.05, 0.1) is 6.54 Å². The lowest BCUT2D eigenvalue weighted by molar-refractivity contribution is 0.178.